The summed E-state index contributed by atoms with van der Waals surface area (Å²) in [5.74, 6) is 0. The average Bonchev–Trinajstić information content (AvgIpc) is 2.86. The molecule has 0 aliphatic rings. The fourth-order valence-corrected chi connectivity index (χ4v) is 7.47. The molecule has 0 bridgehead atoms. The van der Waals surface area contributed by atoms with Crippen LogP contribution in [0.3, 0.4) is 0 Å². The van der Waals surface area contributed by atoms with Crippen molar-refractivity contribution in [2.75, 3.05) is 0 Å². The number of aryl methyl sites for hydroxylation is 1. The molecule has 0 radical (unpaired) electrons. The van der Waals surface area contributed by atoms with Crippen LogP contribution in [-0.2, 0) is 4.57 Å². The smallest absolute Gasteiger partial charge is 0.171 e. The largest absolute Gasteiger partial charge is 0.309 e. The van der Waals surface area contributed by atoms with Crippen LogP contribution in [0.2, 0.25) is 5.02 Å². The molecule has 0 amide bonds. The Kier molecular flexibility index (Phi) is 5.47. The van der Waals surface area contributed by atoms with Crippen molar-refractivity contribution < 1.29 is 4.57 Å². The average molecular weight is 453 g/mol. The molecule has 0 aliphatic carbocycles. The van der Waals surface area contributed by atoms with Gasteiger partial charge in [-0.2, -0.15) is 0 Å². The summed E-state index contributed by atoms with van der Waals surface area (Å²) in [5.41, 5.74) is 3.17. The Balaban J connectivity index is 1.89. The van der Waals surface area contributed by atoms with Gasteiger partial charge in [-0.3, -0.25) is 0 Å². The summed E-state index contributed by atoms with van der Waals surface area (Å²) in [6.07, 6.45) is 0. The molecule has 0 fully saturated rings. The lowest BCUT2D eigenvalue weighted by Gasteiger charge is -2.24. The third-order valence-corrected chi connectivity index (χ3v) is 9.47. The summed E-state index contributed by atoms with van der Waals surface area (Å²) >= 11 is 6.16. The van der Waals surface area contributed by atoms with Crippen LogP contribution in [0.1, 0.15) is 5.56 Å². The Morgan fingerprint density at radius 3 is 1.69 bits per heavy atom. The van der Waals surface area contributed by atoms with Crippen molar-refractivity contribution in [1.82, 2.24) is 0 Å². The summed E-state index contributed by atoms with van der Waals surface area (Å²) in [6, 6.07) is 38.0. The summed E-state index contributed by atoms with van der Waals surface area (Å²) in [5, 5.41) is 5.51. The van der Waals surface area contributed by atoms with Crippen LogP contribution in [-0.4, -0.2) is 0 Å². The van der Waals surface area contributed by atoms with Crippen molar-refractivity contribution in [2.45, 2.75) is 6.92 Å². The number of rotatable bonds is 4. The third kappa shape index (κ3) is 3.48. The van der Waals surface area contributed by atoms with E-state index in [9.17, 15) is 0 Å². The standard InChI is InChI=1S/C29H22ClOP/c1-21-26-14-8-9-15-27(26)28(22-16-18-23(30)19-17-22)20-29(21)32(31,24-10-4-2-5-11-24)25-12-6-3-7-13-25/h2-20H,1H3. The zero-order valence-electron chi connectivity index (χ0n) is 17.7. The lowest BCUT2D eigenvalue weighted by Crippen LogP contribution is -2.27. The highest BCUT2D eigenvalue weighted by molar-refractivity contribution is 7.85. The Morgan fingerprint density at radius 1 is 0.625 bits per heavy atom. The first kappa shape index (κ1) is 20.8. The van der Waals surface area contributed by atoms with Crippen LogP contribution in [0.15, 0.2) is 115 Å². The lowest BCUT2D eigenvalue weighted by atomic mass is 9.95. The maximum Gasteiger partial charge on any atom is 0.171 e. The van der Waals surface area contributed by atoms with Crippen molar-refractivity contribution in [2.24, 2.45) is 0 Å². The molecule has 32 heavy (non-hydrogen) atoms. The number of hydrogen-bond donors (Lipinski definition) is 0. The van der Waals surface area contributed by atoms with E-state index in [0.717, 1.165) is 43.4 Å². The van der Waals surface area contributed by atoms with Crippen molar-refractivity contribution in [3.63, 3.8) is 0 Å². The maximum absolute atomic E-state index is 15.1. The SMILES string of the molecule is Cc1c(P(=O)(c2ccccc2)c2ccccc2)cc(-c2ccc(Cl)cc2)c2ccccc12. The van der Waals surface area contributed by atoms with E-state index in [1.165, 1.54) is 0 Å². The van der Waals surface area contributed by atoms with Gasteiger partial charge in [0, 0.05) is 20.9 Å². The normalized spacial score (nSPS) is 11.6. The molecule has 5 aromatic carbocycles. The molecule has 156 valence electrons. The van der Waals surface area contributed by atoms with Gasteiger partial charge in [0.1, 0.15) is 0 Å². The highest BCUT2D eigenvalue weighted by atomic mass is 35.5. The molecule has 5 rings (SSSR count). The van der Waals surface area contributed by atoms with E-state index in [1.54, 1.807) is 0 Å². The Bertz CT molecular complexity index is 1400. The summed E-state index contributed by atoms with van der Waals surface area (Å²) in [6.45, 7) is 2.09. The van der Waals surface area contributed by atoms with Crippen molar-refractivity contribution in [3.05, 3.63) is 126 Å². The molecule has 3 heteroatoms. The highest BCUT2D eigenvalue weighted by Crippen LogP contribution is 2.46. The molecule has 0 atom stereocenters. The molecule has 0 spiro atoms. The Hall–Kier alpha value is -3.12. The van der Waals surface area contributed by atoms with E-state index in [-0.39, 0.29) is 0 Å². The van der Waals surface area contributed by atoms with Crippen LogP contribution in [0.25, 0.3) is 21.9 Å². The summed E-state index contributed by atoms with van der Waals surface area (Å²) < 4.78 is 15.1. The van der Waals surface area contributed by atoms with Gasteiger partial charge in [-0.25, -0.2) is 0 Å². The minimum Gasteiger partial charge on any atom is -0.309 e. The van der Waals surface area contributed by atoms with Gasteiger partial charge in [0.05, 0.1) is 0 Å². The van der Waals surface area contributed by atoms with Gasteiger partial charge < -0.3 is 4.57 Å². The molecule has 0 unspecified atom stereocenters. The molecule has 1 nitrogen and oxygen atoms in total. The van der Waals surface area contributed by atoms with Crippen molar-refractivity contribution in [3.8, 4) is 11.1 Å². The second kappa shape index (κ2) is 8.43. The Labute approximate surface area is 193 Å². The Morgan fingerprint density at radius 2 is 1.12 bits per heavy atom. The number of fused-ring (bicyclic) bond motifs is 1. The van der Waals surface area contributed by atoms with E-state index in [4.69, 9.17) is 11.6 Å². The van der Waals surface area contributed by atoms with Gasteiger partial charge in [-0.15, -0.1) is 0 Å². The number of halogens is 1. The first-order valence-corrected chi connectivity index (χ1v) is 12.7. The predicted molar refractivity (Wildman–Crippen MR) is 139 cm³/mol. The van der Waals surface area contributed by atoms with Gasteiger partial charge in [-0.05, 0) is 52.6 Å². The molecular formula is C29H22ClOP. The van der Waals surface area contributed by atoms with Crippen molar-refractivity contribution >= 4 is 45.4 Å². The second-order valence-corrected chi connectivity index (χ2v) is 11.1. The monoisotopic (exact) mass is 452 g/mol. The number of benzene rings is 5. The molecule has 0 saturated carbocycles. The van der Waals surface area contributed by atoms with Gasteiger partial charge in [-0.1, -0.05) is 109 Å². The quantitative estimate of drug-likeness (QED) is 0.265. The minimum absolute atomic E-state index is 0.699. The molecular weight excluding hydrogens is 431 g/mol. The van der Waals surface area contributed by atoms with E-state index in [2.05, 4.69) is 31.2 Å². The molecule has 0 N–H and O–H groups in total. The van der Waals surface area contributed by atoms with Crippen molar-refractivity contribution in [1.29, 1.82) is 0 Å². The lowest BCUT2D eigenvalue weighted by molar-refractivity contribution is 0.592. The van der Waals surface area contributed by atoms with Crippen LogP contribution in [0.5, 0.6) is 0 Å². The van der Waals surface area contributed by atoms with Crippen LogP contribution in [0, 0.1) is 6.92 Å². The van der Waals surface area contributed by atoms with E-state index >= 15 is 4.57 Å². The van der Waals surface area contributed by atoms with Crippen LogP contribution < -0.4 is 15.9 Å². The molecule has 0 aromatic heterocycles. The zero-order chi connectivity index (χ0) is 22.1. The first-order chi connectivity index (χ1) is 15.6. The summed E-state index contributed by atoms with van der Waals surface area (Å²) in [7, 11) is -3.10. The second-order valence-electron chi connectivity index (χ2n) is 7.90. The topological polar surface area (TPSA) is 17.1 Å². The van der Waals surface area contributed by atoms with E-state index < -0.39 is 7.14 Å². The van der Waals surface area contributed by atoms with Gasteiger partial charge >= 0.3 is 0 Å². The summed E-state index contributed by atoms with van der Waals surface area (Å²) in [4.78, 5) is 0. The molecule has 0 saturated heterocycles. The number of hydrogen-bond acceptors (Lipinski definition) is 1. The van der Waals surface area contributed by atoms with Crippen LogP contribution >= 0.6 is 18.7 Å². The maximum atomic E-state index is 15.1. The zero-order valence-corrected chi connectivity index (χ0v) is 19.4. The van der Waals surface area contributed by atoms with E-state index in [0.29, 0.717) is 5.02 Å². The third-order valence-electron chi connectivity index (χ3n) is 6.02. The molecule has 0 heterocycles. The highest BCUT2D eigenvalue weighted by Gasteiger charge is 2.32. The van der Waals surface area contributed by atoms with Gasteiger partial charge in [0.25, 0.3) is 0 Å². The van der Waals surface area contributed by atoms with Crippen LogP contribution in [0.4, 0.5) is 0 Å². The fourth-order valence-electron chi connectivity index (χ4n) is 4.40. The van der Waals surface area contributed by atoms with Gasteiger partial charge in [0.15, 0.2) is 7.14 Å². The predicted octanol–water partition coefficient (Wildman–Crippen LogP) is 7.11. The van der Waals surface area contributed by atoms with Gasteiger partial charge in [0.2, 0.25) is 0 Å². The molecule has 0 aliphatic heterocycles. The first-order valence-electron chi connectivity index (χ1n) is 10.6. The fraction of sp³-hybridized carbons (Fsp3) is 0.0345. The molecule has 5 aromatic rings. The van der Waals surface area contributed by atoms with E-state index in [1.807, 2.05) is 91.0 Å². The minimum atomic E-state index is -3.10.